The number of nitrogens with one attached hydrogen (secondary N) is 1. The minimum Gasteiger partial charge on any atom is -0.313 e. The molecule has 0 aromatic heterocycles. The van der Waals surface area contributed by atoms with E-state index in [1.165, 1.54) is 108 Å². The molecule has 3 aromatic carbocycles. The first-order valence-electron chi connectivity index (χ1n) is 16.5. The monoisotopic (exact) mass is 565 g/mol. The lowest BCUT2D eigenvalue weighted by molar-refractivity contribution is 0.482. The van der Waals surface area contributed by atoms with Crippen molar-refractivity contribution in [3.8, 4) is 11.1 Å². The first-order chi connectivity index (χ1) is 19.5. The molecule has 3 aromatic rings. The van der Waals surface area contributed by atoms with Crippen LogP contribution in [0, 0.1) is 5.16 Å². The van der Waals surface area contributed by atoms with Crippen molar-refractivity contribution in [2.75, 3.05) is 0 Å². The zero-order chi connectivity index (χ0) is 29.0. The van der Waals surface area contributed by atoms with Crippen LogP contribution in [0.1, 0.15) is 139 Å². The van der Waals surface area contributed by atoms with Crippen molar-refractivity contribution >= 4 is 12.4 Å². The largest absolute Gasteiger partial charge is 0.313 e. The third kappa shape index (κ3) is 5.20. The Balaban J connectivity index is 1.59. The van der Waals surface area contributed by atoms with Crippen LogP contribution in [0.2, 0.25) is 0 Å². The molecule has 3 aliphatic carbocycles. The van der Waals surface area contributed by atoms with Crippen LogP contribution in [0.4, 0.5) is 0 Å². The zero-order valence-corrected chi connectivity index (χ0v) is 27.4. The fourth-order valence-electron chi connectivity index (χ4n) is 8.27. The molecule has 1 nitrogen and oxygen atoms in total. The molecule has 6 rings (SSSR count). The fourth-order valence-corrected chi connectivity index (χ4v) is 13.0. The Labute approximate surface area is 250 Å². The fraction of sp³-hybridized carbons (Fsp3) is 0.538. The lowest BCUT2D eigenvalue weighted by Crippen LogP contribution is -2.31. The minimum atomic E-state index is -2.13. The summed E-state index contributed by atoms with van der Waals surface area (Å²) in [4.78, 5) is 0. The molecule has 41 heavy (non-hydrogen) atoms. The Morgan fingerprint density at radius 1 is 0.561 bits per heavy atom. The number of hydrogen-bond donors (Lipinski definition) is 1. The van der Waals surface area contributed by atoms with Crippen LogP contribution in [0.3, 0.4) is 0 Å². The van der Waals surface area contributed by atoms with Crippen LogP contribution >= 0.6 is 7.05 Å². The highest BCUT2D eigenvalue weighted by molar-refractivity contribution is 7.74. The van der Waals surface area contributed by atoms with Gasteiger partial charge in [0.25, 0.3) is 0 Å². The Kier molecular flexibility index (Phi) is 7.68. The SMILES string of the molecule is CC(C)(C)c1ccc2c(c1)C(c1ccccc1P(=N)(C1CCCCC1)C1CCCCC1)c1cc(C(C)(C)C)ccc1-2. The Morgan fingerprint density at radius 3 is 1.44 bits per heavy atom. The van der Waals surface area contributed by atoms with E-state index in [1.807, 2.05) is 0 Å². The predicted octanol–water partition coefficient (Wildman–Crippen LogP) is 11.5. The van der Waals surface area contributed by atoms with Gasteiger partial charge >= 0.3 is 0 Å². The van der Waals surface area contributed by atoms with E-state index in [0.29, 0.717) is 11.3 Å². The van der Waals surface area contributed by atoms with Gasteiger partial charge in [-0.15, -0.1) is 0 Å². The second-order valence-electron chi connectivity index (χ2n) is 15.5. The number of benzene rings is 3. The molecule has 0 bridgehead atoms. The molecule has 0 amide bonds. The second kappa shape index (κ2) is 10.9. The van der Waals surface area contributed by atoms with Gasteiger partial charge in [0.05, 0.1) is 0 Å². The van der Waals surface area contributed by atoms with Crippen molar-refractivity contribution in [3.05, 3.63) is 88.5 Å². The Bertz CT molecular complexity index is 1370. The van der Waals surface area contributed by atoms with E-state index in [1.54, 1.807) is 0 Å². The van der Waals surface area contributed by atoms with Gasteiger partial charge in [0.1, 0.15) is 0 Å². The third-order valence-electron chi connectivity index (χ3n) is 10.7. The quantitative estimate of drug-likeness (QED) is 0.238. The molecule has 0 saturated heterocycles. The van der Waals surface area contributed by atoms with E-state index in [0.717, 1.165) is 0 Å². The van der Waals surface area contributed by atoms with Crippen LogP contribution in [0.25, 0.3) is 11.1 Å². The van der Waals surface area contributed by atoms with Crippen molar-refractivity contribution < 1.29 is 0 Å². The van der Waals surface area contributed by atoms with Crippen molar-refractivity contribution in [2.24, 2.45) is 0 Å². The lowest BCUT2D eigenvalue weighted by atomic mass is 9.81. The highest BCUT2D eigenvalue weighted by Gasteiger charge is 2.42. The minimum absolute atomic E-state index is 0.0980. The van der Waals surface area contributed by atoms with Gasteiger partial charge in [-0.2, -0.15) is 0 Å². The smallest absolute Gasteiger partial charge is 0.0359 e. The van der Waals surface area contributed by atoms with Gasteiger partial charge in [-0.1, -0.05) is 141 Å². The number of rotatable bonds is 4. The molecule has 218 valence electrons. The van der Waals surface area contributed by atoms with E-state index < -0.39 is 7.05 Å². The van der Waals surface area contributed by atoms with Gasteiger partial charge in [-0.05, 0) is 92.1 Å². The van der Waals surface area contributed by atoms with E-state index in [2.05, 4.69) is 102 Å². The molecule has 1 N–H and O–H groups in total. The van der Waals surface area contributed by atoms with Gasteiger partial charge < -0.3 is 5.16 Å². The van der Waals surface area contributed by atoms with Gasteiger partial charge in [0, 0.05) is 13.0 Å². The predicted molar refractivity (Wildman–Crippen MR) is 180 cm³/mol. The summed E-state index contributed by atoms with van der Waals surface area (Å²) in [5.41, 5.74) is 11.3. The molecule has 0 unspecified atom stereocenters. The van der Waals surface area contributed by atoms with Gasteiger partial charge in [-0.3, -0.25) is 0 Å². The van der Waals surface area contributed by atoms with Crippen LogP contribution in [-0.4, -0.2) is 11.3 Å². The maximum absolute atomic E-state index is 10.7. The molecule has 0 spiro atoms. The summed E-state index contributed by atoms with van der Waals surface area (Å²) in [5.74, 6) is 0.206. The Hall–Kier alpha value is -2.11. The van der Waals surface area contributed by atoms with Gasteiger partial charge in [-0.25, -0.2) is 0 Å². The first kappa shape index (κ1) is 29.0. The highest BCUT2D eigenvalue weighted by atomic mass is 31.2. The van der Waals surface area contributed by atoms with Crippen molar-refractivity contribution in [3.63, 3.8) is 0 Å². The molecular weight excluding hydrogens is 513 g/mol. The molecule has 0 heterocycles. The topological polar surface area (TPSA) is 23.9 Å². The summed E-state index contributed by atoms with van der Waals surface area (Å²) in [7, 11) is -2.13. The maximum Gasteiger partial charge on any atom is 0.0359 e. The average Bonchev–Trinajstić information content (AvgIpc) is 3.30. The normalized spacial score (nSPS) is 19.3. The number of fused-ring (bicyclic) bond motifs is 3. The molecule has 2 saturated carbocycles. The molecule has 0 atom stereocenters. The van der Waals surface area contributed by atoms with Crippen LogP contribution in [0.15, 0.2) is 60.7 Å². The van der Waals surface area contributed by atoms with E-state index in [-0.39, 0.29) is 16.7 Å². The van der Waals surface area contributed by atoms with Crippen molar-refractivity contribution in [2.45, 2.75) is 134 Å². The Morgan fingerprint density at radius 2 is 1.00 bits per heavy atom. The van der Waals surface area contributed by atoms with Crippen LogP contribution in [0.5, 0.6) is 0 Å². The van der Waals surface area contributed by atoms with Gasteiger partial charge in [0.15, 0.2) is 0 Å². The standard InChI is InChI=1S/C39H52NP/c1-38(2,3)27-21-23-31-32-24-22-28(39(4,5)6)26-35(32)37(34(31)25-27)33-19-13-14-20-36(33)41(40,29-15-9-7-10-16-29)30-17-11-8-12-18-30/h13-14,19-26,29-30,37,40H,7-12,15-18H2,1-6H3. The first-order valence-corrected chi connectivity index (χ1v) is 18.4. The van der Waals surface area contributed by atoms with Crippen molar-refractivity contribution in [1.82, 2.24) is 0 Å². The average molecular weight is 566 g/mol. The summed E-state index contributed by atoms with van der Waals surface area (Å²) in [6, 6.07) is 24.0. The van der Waals surface area contributed by atoms with Crippen LogP contribution < -0.4 is 5.30 Å². The zero-order valence-electron chi connectivity index (χ0n) is 26.5. The summed E-state index contributed by atoms with van der Waals surface area (Å²) < 4.78 is 0. The molecular formula is C39H52NP. The van der Waals surface area contributed by atoms with E-state index in [9.17, 15) is 5.16 Å². The molecule has 3 aliphatic rings. The highest BCUT2D eigenvalue weighted by Crippen LogP contribution is 2.64. The molecule has 2 fully saturated rings. The van der Waals surface area contributed by atoms with Crippen LogP contribution in [-0.2, 0) is 10.8 Å². The summed E-state index contributed by atoms with van der Waals surface area (Å²) in [6.07, 6.45) is 13.1. The van der Waals surface area contributed by atoms with Crippen molar-refractivity contribution in [1.29, 1.82) is 5.16 Å². The third-order valence-corrected chi connectivity index (χ3v) is 15.2. The van der Waals surface area contributed by atoms with E-state index >= 15 is 0 Å². The summed E-state index contributed by atoms with van der Waals surface area (Å²) in [6.45, 7) is 14.0. The number of hydrogen-bond acceptors (Lipinski definition) is 1. The van der Waals surface area contributed by atoms with E-state index in [4.69, 9.17) is 0 Å². The second-order valence-corrected chi connectivity index (χ2v) is 19.0. The summed E-state index contributed by atoms with van der Waals surface area (Å²) in [5, 5.41) is 12.2. The van der Waals surface area contributed by atoms with Gasteiger partial charge in [0.2, 0.25) is 0 Å². The molecule has 0 radical (unpaired) electrons. The molecule has 0 aliphatic heterocycles. The maximum atomic E-state index is 10.7. The lowest BCUT2D eigenvalue weighted by Gasteiger charge is -2.43. The molecule has 2 heteroatoms. The summed E-state index contributed by atoms with van der Waals surface area (Å²) >= 11 is 0.